The number of hydrogen-bond donors (Lipinski definition) is 1. The Morgan fingerprint density at radius 2 is 1.53 bits per heavy atom. The maximum atomic E-state index is 12.7. The van der Waals surface area contributed by atoms with E-state index < -0.39 is 0 Å². The zero-order valence-electron chi connectivity index (χ0n) is 20.9. The standard InChI is InChI=1S/C29H35N3O2/c1-6-8-23(9-7-2)27(24-12-10-20(3)11-13-24)25-16-14-22(15-17-25)21(4)31-28(33)26-18-19-30-29(32-26)34-5/h10-19,21H,6-9H2,1-5H3,(H,31,33). The van der Waals surface area contributed by atoms with Crippen LogP contribution in [0, 0.1) is 6.92 Å². The van der Waals surface area contributed by atoms with Gasteiger partial charge in [0.05, 0.1) is 13.2 Å². The molecule has 1 N–H and O–H groups in total. The Hall–Kier alpha value is -3.47. The highest BCUT2D eigenvalue weighted by molar-refractivity contribution is 5.92. The van der Waals surface area contributed by atoms with Gasteiger partial charge in [-0.25, -0.2) is 4.98 Å². The van der Waals surface area contributed by atoms with E-state index in [2.05, 4.69) is 84.6 Å². The number of rotatable bonds is 10. The molecule has 0 radical (unpaired) electrons. The van der Waals surface area contributed by atoms with Crippen LogP contribution in [0.15, 0.2) is 66.4 Å². The van der Waals surface area contributed by atoms with E-state index in [4.69, 9.17) is 4.74 Å². The molecule has 0 saturated heterocycles. The highest BCUT2D eigenvalue weighted by atomic mass is 16.5. The fourth-order valence-electron chi connectivity index (χ4n) is 4.13. The average molecular weight is 458 g/mol. The molecule has 0 aliphatic carbocycles. The molecule has 34 heavy (non-hydrogen) atoms. The minimum atomic E-state index is -0.259. The summed E-state index contributed by atoms with van der Waals surface area (Å²) in [5.41, 5.74) is 7.88. The molecule has 3 aromatic rings. The van der Waals surface area contributed by atoms with Crippen molar-refractivity contribution in [3.8, 4) is 6.01 Å². The first-order valence-electron chi connectivity index (χ1n) is 12.0. The smallest absolute Gasteiger partial charge is 0.316 e. The van der Waals surface area contributed by atoms with Crippen molar-refractivity contribution < 1.29 is 9.53 Å². The molecule has 5 heteroatoms. The summed E-state index contributed by atoms with van der Waals surface area (Å²) >= 11 is 0. The maximum absolute atomic E-state index is 12.7. The Bertz CT molecular complexity index is 1110. The van der Waals surface area contributed by atoms with Gasteiger partial charge in [-0.05, 0) is 55.0 Å². The molecule has 178 valence electrons. The van der Waals surface area contributed by atoms with Crippen LogP contribution in [-0.2, 0) is 0 Å². The van der Waals surface area contributed by atoms with Gasteiger partial charge in [-0.1, -0.05) is 86.4 Å². The first kappa shape index (κ1) is 25.2. The van der Waals surface area contributed by atoms with Crippen LogP contribution in [0.1, 0.15) is 85.2 Å². The van der Waals surface area contributed by atoms with E-state index in [1.165, 1.54) is 41.1 Å². The van der Waals surface area contributed by atoms with Gasteiger partial charge >= 0.3 is 6.01 Å². The van der Waals surface area contributed by atoms with E-state index in [0.717, 1.165) is 31.2 Å². The molecule has 0 saturated carbocycles. The number of carbonyl (C=O) groups is 1. The lowest BCUT2D eigenvalue weighted by Crippen LogP contribution is -2.27. The predicted octanol–water partition coefficient (Wildman–Crippen LogP) is 6.69. The van der Waals surface area contributed by atoms with Crippen molar-refractivity contribution in [1.82, 2.24) is 15.3 Å². The summed E-state index contributed by atoms with van der Waals surface area (Å²) in [6.45, 7) is 8.57. The van der Waals surface area contributed by atoms with Gasteiger partial charge in [-0.15, -0.1) is 0 Å². The second-order valence-corrected chi connectivity index (χ2v) is 8.59. The van der Waals surface area contributed by atoms with Crippen molar-refractivity contribution in [2.45, 2.75) is 59.4 Å². The van der Waals surface area contributed by atoms with Crippen molar-refractivity contribution in [2.24, 2.45) is 0 Å². The number of benzene rings is 2. The Morgan fingerprint density at radius 3 is 2.09 bits per heavy atom. The number of methoxy groups -OCH3 is 1. The van der Waals surface area contributed by atoms with Gasteiger partial charge in [0.25, 0.3) is 5.91 Å². The van der Waals surface area contributed by atoms with E-state index in [1.54, 1.807) is 6.07 Å². The summed E-state index contributed by atoms with van der Waals surface area (Å²) in [5, 5.41) is 3.02. The van der Waals surface area contributed by atoms with Gasteiger partial charge in [0.2, 0.25) is 0 Å². The second kappa shape index (κ2) is 12.1. The topological polar surface area (TPSA) is 64.1 Å². The number of amides is 1. The van der Waals surface area contributed by atoms with Gasteiger partial charge in [-0.2, -0.15) is 4.98 Å². The largest absolute Gasteiger partial charge is 0.467 e. The van der Waals surface area contributed by atoms with Crippen molar-refractivity contribution in [3.05, 3.63) is 94.3 Å². The number of aryl methyl sites for hydroxylation is 1. The third kappa shape index (κ3) is 6.31. The van der Waals surface area contributed by atoms with Crippen LogP contribution in [0.25, 0.3) is 5.57 Å². The number of carbonyl (C=O) groups excluding carboxylic acids is 1. The van der Waals surface area contributed by atoms with E-state index in [1.807, 2.05) is 6.92 Å². The molecule has 0 aliphatic heterocycles. The maximum Gasteiger partial charge on any atom is 0.316 e. The number of nitrogens with one attached hydrogen (secondary N) is 1. The van der Waals surface area contributed by atoms with E-state index >= 15 is 0 Å². The van der Waals surface area contributed by atoms with Crippen molar-refractivity contribution >= 4 is 11.5 Å². The molecule has 2 aromatic carbocycles. The first-order chi connectivity index (χ1) is 16.5. The third-order valence-corrected chi connectivity index (χ3v) is 5.89. The molecule has 5 nitrogen and oxygen atoms in total. The van der Waals surface area contributed by atoms with E-state index in [0.29, 0.717) is 0 Å². The van der Waals surface area contributed by atoms with Gasteiger partial charge in [-0.3, -0.25) is 4.79 Å². The molecule has 1 atom stereocenters. The molecule has 0 spiro atoms. The Morgan fingerprint density at radius 1 is 0.941 bits per heavy atom. The number of hydrogen-bond acceptors (Lipinski definition) is 4. The Labute approximate surface area is 203 Å². The summed E-state index contributed by atoms with van der Waals surface area (Å²) in [5.74, 6) is -0.259. The summed E-state index contributed by atoms with van der Waals surface area (Å²) in [7, 11) is 1.48. The zero-order valence-corrected chi connectivity index (χ0v) is 20.9. The fraction of sp³-hybridized carbons (Fsp3) is 0.345. The highest BCUT2D eigenvalue weighted by Gasteiger charge is 2.16. The lowest BCUT2D eigenvalue weighted by atomic mass is 9.88. The number of ether oxygens (including phenoxy) is 1. The highest BCUT2D eigenvalue weighted by Crippen LogP contribution is 2.32. The molecular weight excluding hydrogens is 422 g/mol. The van der Waals surface area contributed by atoms with Crippen molar-refractivity contribution in [2.75, 3.05) is 7.11 Å². The van der Waals surface area contributed by atoms with E-state index in [9.17, 15) is 4.79 Å². The third-order valence-electron chi connectivity index (χ3n) is 5.89. The van der Waals surface area contributed by atoms with Gasteiger partial charge in [0, 0.05) is 6.20 Å². The van der Waals surface area contributed by atoms with Gasteiger partial charge in [0.15, 0.2) is 0 Å². The van der Waals surface area contributed by atoms with Crippen LogP contribution in [0.5, 0.6) is 6.01 Å². The molecule has 1 aromatic heterocycles. The Kier molecular flexibility index (Phi) is 8.97. The molecular formula is C29H35N3O2. The van der Waals surface area contributed by atoms with Crippen LogP contribution in [0.4, 0.5) is 0 Å². The first-order valence-corrected chi connectivity index (χ1v) is 12.0. The van der Waals surface area contributed by atoms with Gasteiger partial charge in [0.1, 0.15) is 5.69 Å². The van der Waals surface area contributed by atoms with Crippen molar-refractivity contribution in [1.29, 1.82) is 0 Å². The summed E-state index contributed by atoms with van der Waals surface area (Å²) in [4.78, 5) is 20.7. The molecule has 0 fully saturated rings. The minimum absolute atomic E-state index is 0.167. The lowest BCUT2D eigenvalue weighted by Gasteiger charge is -2.18. The Balaban J connectivity index is 1.87. The molecule has 1 heterocycles. The summed E-state index contributed by atoms with van der Waals surface area (Å²) < 4.78 is 5.02. The predicted molar refractivity (Wildman–Crippen MR) is 138 cm³/mol. The number of aromatic nitrogens is 2. The van der Waals surface area contributed by atoms with Crippen LogP contribution >= 0.6 is 0 Å². The van der Waals surface area contributed by atoms with E-state index in [-0.39, 0.29) is 23.7 Å². The molecule has 0 aliphatic rings. The number of nitrogens with zero attached hydrogens (tertiary/aromatic N) is 2. The minimum Gasteiger partial charge on any atom is -0.467 e. The normalized spacial score (nSPS) is 11.6. The second-order valence-electron chi connectivity index (χ2n) is 8.59. The molecule has 1 amide bonds. The van der Waals surface area contributed by atoms with Crippen LogP contribution < -0.4 is 10.1 Å². The monoisotopic (exact) mass is 457 g/mol. The van der Waals surface area contributed by atoms with Crippen LogP contribution in [0.3, 0.4) is 0 Å². The number of allylic oxidation sites excluding steroid dienone is 1. The molecule has 0 bridgehead atoms. The summed E-state index contributed by atoms with van der Waals surface area (Å²) in [6, 6.07) is 18.9. The quantitative estimate of drug-likeness (QED) is 0.368. The zero-order chi connectivity index (χ0) is 24.5. The summed E-state index contributed by atoms with van der Waals surface area (Å²) in [6.07, 6.45) is 5.95. The molecule has 3 rings (SSSR count). The SMILES string of the molecule is CCCC(CCC)=C(c1ccc(C)cc1)c1ccc(C(C)NC(=O)c2ccnc(OC)n2)cc1. The molecule has 1 unspecified atom stereocenters. The fourth-order valence-corrected chi connectivity index (χ4v) is 4.13. The average Bonchev–Trinajstić information content (AvgIpc) is 2.86. The van der Waals surface area contributed by atoms with Crippen molar-refractivity contribution in [3.63, 3.8) is 0 Å². The van der Waals surface area contributed by atoms with Crippen LogP contribution in [-0.4, -0.2) is 23.0 Å². The lowest BCUT2D eigenvalue weighted by molar-refractivity contribution is 0.0933. The van der Waals surface area contributed by atoms with Gasteiger partial charge < -0.3 is 10.1 Å². The van der Waals surface area contributed by atoms with Crippen LogP contribution in [0.2, 0.25) is 0 Å².